The van der Waals surface area contributed by atoms with Crippen molar-refractivity contribution in [3.8, 4) is 0 Å². The van der Waals surface area contributed by atoms with Gasteiger partial charge in [-0.1, -0.05) is 12.1 Å². The second kappa shape index (κ2) is 6.73. The maximum absolute atomic E-state index is 12.0. The number of amides is 2. The lowest BCUT2D eigenvalue weighted by Gasteiger charge is -2.11. The van der Waals surface area contributed by atoms with Gasteiger partial charge in [0.25, 0.3) is 0 Å². The van der Waals surface area contributed by atoms with E-state index in [1.807, 2.05) is 6.07 Å². The number of halogens is 2. The average Bonchev–Trinajstić information content (AvgIpc) is 2.43. The van der Waals surface area contributed by atoms with E-state index in [4.69, 9.17) is 5.11 Å². The summed E-state index contributed by atoms with van der Waals surface area (Å²) in [5.41, 5.74) is 1.08. The molecule has 2 aromatic rings. The minimum Gasteiger partial charge on any atom is -0.478 e. The van der Waals surface area contributed by atoms with Gasteiger partial charge in [-0.15, -0.1) is 0 Å². The molecule has 3 N–H and O–H groups in total. The van der Waals surface area contributed by atoms with E-state index in [1.54, 1.807) is 24.3 Å². The number of hydrogen-bond donors (Lipinski definition) is 3. The van der Waals surface area contributed by atoms with Gasteiger partial charge in [-0.3, -0.25) is 0 Å². The number of carboxylic acid groups (broad SMARTS) is 1. The van der Waals surface area contributed by atoms with Crippen molar-refractivity contribution in [3.05, 3.63) is 57.0 Å². The number of urea groups is 1. The fraction of sp³-hybridized carbons (Fsp3) is 0. The highest BCUT2D eigenvalue weighted by Gasteiger charge is 2.10. The number of anilines is 2. The Bertz CT molecular complexity index is 704. The molecule has 0 aliphatic rings. The highest BCUT2D eigenvalue weighted by Crippen LogP contribution is 2.25. The number of rotatable bonds is 3. The van der Waals surface area contributed by atoms with E-state index >= 15 is 0 Å². The second-order valence-electron chi connectivity index (χ2n) is 4.06. The zero-order chi connectivity index (χ0) is 15.4. The molecule has 21 heavy (non-hydrogen) atoms. The highest BCUT2D eigenvalue weighted by atomic mass is 79.9. The number of carboxylic acids is 1. The highest BCUT2D eigenvalue weighted by molar-refractivity contribution is 9.11. The lowest BCUT2D eigenvalue weighted by molar-refractivity contribution is 0.0697. The average molecular weight is 414 g/mol. The summed E-state index contributed by atoms with van der Waals surface area (Å²) in [7, 11) is 0. The third-order valence-corrected chi connectivity index (χ3v) is 3.97. The normalized spacial score (nSPS) is 10.0. The van der Waals surface area contributed by atoms with Gasteiger partial charge in [0.1, 0.15) is 0 Å². The first-order valence-corrected chi connectivity index (χ1v) is 7.41. The first-order chi connectivity index (χ1) is 9.97. The molecule has 0 unspecified atom stereocenters. The predicted octanol–water partition coefficient (Wildman–Crippen LogP) is 4.55. The number of carbonyl (C=O) groups is 2. The topological polar surface area (TPSA) is 78.4 Å². The first-order valence-electron chi connectivity index (χ1n) is 5.83. The number of benzene rings is 2. The predicted molar refractivity (Wildman–Crippen MR) is 87.9 cm³/mol. The Hall–Kier alpha value is -1.86. The molecule has 0 aliphatic carbocycles. The number of carbonyl (C=O) groups excluding carboxylic acids is 1. The molecule has 0 heterocycles. The molecule has 0 bridgehead atoms. The molecule has 0 aliphatic heterocycles. The van der Waals surface area contributed by atoms with Crippen molar-refractivity contribution < 1.29 is 14.7 Å². The summed E-state index contributed by atoms with van der Waals surface area (Å²) in [4.78, 5) is 22.9. The Morgan fingerprint density at radius 2 is 1.52 bits per heavy atom. The van der Waals surface area contributed by atoms with Crippen molar-refractivity contribution in [2.24, 2.45) is 0 Å². The zero-order valence-electron chi connectivity index (χ0n) is 10.6. The van der Waals surface area contributed by atoms with Crippen LogP contribution in [-0.4, -0.2) is 17.1 Å². The Morgan fingerprint density at radius 1 is 0.905 bits per heavy atom. The van der Waals surface area contributed by atoms with Gasteiger partial charge in [-0.05, 0) is 62.2 Å². The van der Waals surface area contributed by atoms with Crippen LogP contribution in [0.4, 0.5) is 16.2 Å². The van der Waals surface area contributed by atoms with Crippen LogP contribution in [-0.2, 0) is 0 Å². The van der Waals surface area contributed by atoms with Gasteiger partial charge >= 0.3 is 12.0 Å². The molecular weight excluding hydrogens is 404 g/mol. The van der Waals surface area contributed by atoms with Crippen LogP contribution in [0.25, 0.3) is 0 Å². The van der Waals surface area contributed by atoms with E-state index in [-0.39, 0.29) is 5.56 Å². The van der Waals surface area contributed by atoms with Gasteiger partial charge in [-0.2, -0.15) is 0 Å². The lowest BCUT2D eigenvalue weighted by Crippen LogP contribution is -2.20. The number of hydrogen-bond acceptors (Lipinski definition) is 2. The fourth-order valence-corrected chi connectivity index (χ4v) is 2.32. The van der Waals surface area contributed by atoms with Crippen LogP contribution in [0.15, 0.2) is 51.4 Å². The molecule has 2 rings (SSSR count). The number of aromatic carboxylic acids is 1. The van der Waals surface area contributed by atoms with Crippen molar-refractivity contribution in [1.82, 2.24) is 0 Å². The Morgan fingerprint density at radius 3 is 2.19 bits per heavy atom. The maximum atomic E-state index is 12.0. The van der Waals surface area contributed by atoms with Crippen molar-refractivity contribution in [2.45, 2.75) is 0 Å². The standard InChI is InChI=1S/C14H10Br2N2O3/c15-9-3-1-2-4-11(9)17-14(21)18-12-7-8(13(19)20)5-6-10(12)16/h1-7H,(H,19,20)(H2,17,18,21). The van der Waals surface area contributed by atoms with Gasteiger partial charge < -0.3 is 15.7 Å². The molecule has 7 heteroatoms. The SMILES string of the molecule is O=C(Nc1ccccc1Br)Nc1cc(C(=O)O)ccc1Br. The van der Waals surface area contributed by atoms with E-state index in [2.05, 4.69) is 42.5 Å². The van der Waals surface area contributed by atoms with Crippen molar-refractivity contribution in [2.75, 3.05) is 10.6 Å². The van der Waals surface area contributed by atoms with Crippen LogP contribution in [0.3, 0.4) is 0 Å². The third-order valence-electron chi connectivity index (χ3n) is 2.58. The number of para-hydroxylation sites is 1. The monoisotopic (exact) mass is 412 g/mol. The van der Waals surface area contributed by atoms with Crippen LogP contribution in [0, 0.1) is 0 Å². The van der Waals surface area contributed by atoms with E-state index in [0.29, 0.717) is 15.8 Å². The maximum Gasteiger partial charge on any atom is 0.335 e. The number of nitrogens with one attached hydrogen (secondary N) is 2. The summed E-state index contributed by atoms with van der Waals surface area (Å²) in [6.45, 7) is 0. The van der Waals surface area contributed by atoms with E-state index in [1.165, 1.54) is 12.1 Å². The van der Waals surface area contributed by atoms with E-state index < -0.39 is 12.0 Å². The molecule has 2 aromatic carbocycles. The van der Waals surface area contributed by atoms with Crippen molar-refractivity contribution in [3.63, 3.8) is 0 Å². The summed E-state index contributed by atoms with van der Waals surface area (Å²) in [6.07, 6.45) is 0. The van der Waals surface area contributed by atoms with E-state index in [9.17, 15) is 9.59 Å². The molecule has 0 saturated carbocycles. The Balaban J connectivity index is 2.15. The summed E-state index contributed by atoms with van der Waals surface area (Å²) < 4.78 is 1.34. The molecule has 108 valence electrons. The van der Waals surface area contributed by atoms with Gasteiger partial charge in [0.2, 0.25) is 0 Å². The summed E-state index contributed by atoms with van der Waals surface area (Å²) in [5.74, 6) is -1.06. The Labute approximate surface area is 137 Å². The minimum atomic E-state index is -1.06. The molecule has 0 atom stereocenters. The zero-order valence-corrected chi connectivity index (χ0v) is 13.7. The first kappa shape index (κ1) is 15.5. The quantitative estimate of drug-likeness (QED) is 0.690. The fourth-order valence-electron chi connectivity index (χ4n) is 1.59. The Kier molecular flexibility index (Phi) is 4.98. The summed E-state index contributed by atoms with van der Waals surface area (Å²) in [6, 6.07) is 11.1. The summed E-state index contributed by atoms with van der Waals surface area (Å²) >= 11 is 6.59. The van der Waals surface area contributed by atoms with Crippen LogP contribution >= 0.6 is 31.9 Å². The van der Waals surface area contributed by atoms with Crippen molar-refractivity contribution in [1.29, 1.82) is 0 Å². The molecule has 0 aromatic heterocycles. The molecule has 0 radical (unpaired) electrons. The molecule has 2 amide bonds. The van der Waals surface area contributed by atoms with Gasteiger partial charge in [0.05, 0.1) is 16.9 Å². The summed E-state index contributed by atoms with van der Waals surface area (Å²) in [5, 5.41) is 14.2. The minimum absolute atomic E-state index is 0.0920. The molecule has 0 saturated heterocycles. The van der Waals surface area contributed by atoms with Crippen LogP contribution in [0.2, 0.25) is 0 Å². The lowest BCUT2D eigenvalue weighted by atomic mass is 10.2. The van der Waals surface area contributed by atoms with Crippen LogP contribution < -0.4 is 10.6 Å². The van der Waals surface area contributed by atoms with E-state index in [0.717, 1.165) is 4.47 Å². The van der Waals surface area contributed by atoms with Gasteiger partial charge in [0, 0.05) is 8.95 Å². The molecule has 5 nitrogen and oxygen atoms in total. The van der Waals surface area contributed by atoms with Gasteiger partial charge in [-0.25, -0.2) is 9.59 Å². The van der Waals surface area contributed by atoms with Crippen molar-refractivity contribution >= 4 is 55.2 Å². The third kappa shape index (κ3) is 4.05. The van der Waals surface area contributed by atoms with Crippen LogP contribution in [0.5, 0.6) is 0 Å². The molecule has 0 fully saturated rings. The second-order valence-corrected chi connectivity index (χ2v) is 5.77. The van der Waals surface area contributed by atoms with Gasteiger partial charge in [0.15, 0.2) is 0 Å². The largest absolute Gasteiger partial charge is 0.478 e. The molecular formula is C14H10Br2N2O3. The molecule has 0 spiro atoms. The smallest absolute Gasteiger partial charge is 0.335 e. The van der Waals surface area contributed by atoms with Crippen LogP contribution in [0.1, 0.15) is 10.4 Å².